The van der Waals surface area contributed by atoms with Crippen LogP contribution in [0.4, 0.5) is 0 Å². The number of phenols is 1. The summed E-state index contributed by atoms with van der Waals surface area (Å²) in [7, 11) is 1.79. The summed E-state index contributed by atoms with van der Waals surface area (Å²) in [6.07, 6.45) is 1.45. The molecule has 0 aliphatic carbocycles. The Hall–Kier alpha value is -0.780. The molecule has 21 heavy (non-hydrogen) atoms. The molecule has 0 spiro atoms. The highest BCUT2D eigenvalue weighted by Crippen LogP contribution is 2.36. The number of benzene rings is 1. The highest BCUT2D eigenvalue weighted by atomic mass is 79.9. The Kier molecular flexibility index (Phi) is 5.90. The Morgan fingerprint density at radius 3 is 2.86 bits per heavy atom. The van der Waals surface area contributed by atoms with Crippen LogP contribution in [0.25, 0.3) is 0 Å². The second-order valence-electron chi connectivity index (χ2n) is 5.63. The molecular formula is C16H24BrNO3. The van der Waals surface area contributed by atoms with E-state index in [-0.39, 0.29) is 5.75 Å². The second kappa shape index (κ2) is 7.47. The Morgan fingerprint density at radius 1 is 1.43 bits per heavy atom. The molecule has 1 aliphatic heterocycles. The van der Waals surface area contributed by atoms with E-state index in [2.05, 4.69) is 27.8 Å². The van der Waals surface area contributed by atoms with E-state index in [0.717, 1.165) is 31.6 Å². The quantitative estimate of drug-likeness (QED) is 0.876. The van der Waals surface area contributed by atoms with Crippen molar-refractivity contribution in [2.24, 2.45) is 5.92 Å². The summed E-state index contributed by atoms with van der Waals surface area (Å²) >= 11 is 3.39. The van der Waals surface area contributed by atoms with E-state index in [1.807, 2.05) is 19.1 Å². The molecule has 1 saturated heterocycles. The van der Waals surface area contributed by atoms with Crippen molar-refractivity contribution in [2.45, 2.75) is 32.9 Å². The third-order valence-corrected chi connectivity index (χ3v) is 4.67. The van der Waals surface area contributed by atoms with Gasteiger partial charge in [-0.3, -0.25) is 4.90 Å². The standard InChI is InChI=1S/C16H24BrNO3/c1-4-21-14-8-12(7-13(17)16(14)19)9-18-6-5-11(2)15(10-18)20-3/h7-8,11,15,19H,4-6,9-10H2,1-3H3. The van der Waals surface area contributed by atoms with Gasteiger partial charge in [0.05, 0.1) is 17.2 Å². The van der Waals surface area contributed by atoms with Gasteiger partial charge in [-0.2, -0.15) is 0 Å². The van der Waals surface area contributed by atoms with Crippen LogP contribution in [0.5, 0.6) is 11.5 Å². The summed E-state index contributed by atoms with van der Waals surface area (Å²) < 4.78 is 11.7. The van der Waals surface area contributed by atoms with Gasteiger partial charge in [-0.1, -0.05) is 6.92 Å². The predicted molar refractivity (Wildman–Crippen MR) is 86.8 cm³/mol. The average Bonchev–Trinajstić information content (AvgIpc) is 2.46. The van der Waals surface area contributed by atoms with Gasteiger partial charge in [0.2, 0.25) is 0 Å². The number of phenolic OH excluding ortho intramolecular Hbond substituents is 1. The molecule has 0 bridgehead atoms. The largest absolute Gasteiger partial charge is 0.503 e. The van der Waals surface area contributed by atoms with E-state index in [0.29, 0.717) is 28.9 Å². The number of piperidine rings is 1. The number of aromatic hydroxyl groups is 1. The van der Waals surface area contributed by atoms with Gasteiger partial charge in [0.15, 0.2) is 11.5 Å². The number of halogens is 1. The first-order valence-electron chi connectivity index (χ1n) is 7.44. The van der Waals surface area contributed by atoms with Crippen LogP contribution in [0.1, 0.15) is 25.8 Å². The Labute approximate surface area is 135 Å². The summed E-state index contributed by atoms with van der Waals surface area (Å²) in [5.74, 6) is 1.31. The van der Waals surface area contributed by atoms with Crippen LogP contribution in [0.3, 0.4) is 0 Å². The maximum absolute atomic E-state index is 9.97. The lowest BCUT2D eigenvalue weighted by atomic mass is 9.95. The zero-order valence-corrected chi connectivity index (χ0v) is 14.5. The Morgan fingerprint density at radius 2 is 2.19 bits per heavy atom. The zero-order valence-electron chi connectivity index (χ0n) is 12.9. The minimum atomic E-state index is 0.169. The molecule has 4 nitrogen and oxygen atoms in total. The topological polar surface area (TPSA) is 41.9 Å². The SMILES string of the molecule is CCOc1cc(CN2CCC(C)C(OC)C2)cc(Br)c1O. The van der Waals surface area contributed by atoms with Gasteiger partial charge in [-0.25, -0.2) is 0 Å². The van der Waals surface area contributed by atoms with Crippen molar-refractivity contribution < 1.29 is 14.6 Å². The predicted octanol–water partition coefficient (Wildman–Crippen LogP) is 3.41. The van der Waals surface area contributed by atoms with Gasteiger partial charge in [0.1, 0.15) is 0 Å². The van der Waals surface area contributed by atoms with E-state index in [1.54, 1.807) is 7.11 Å². The van der Waals surface area contributed by atoms with Gasteiger partial charge in [0, 0.05) is 20.2 Å². The number of likely N-dealkylation sites (tertiary alicyclic amines) is 1. The maximum atomic E-state index is 9.97. The summed E-state index contributed by atoms with van der Waals surface area (Å²) in [5.41, 5.74) is 1.13. The van der Waals surface area contributed by atoms with Crippen molar-refractivity contribution >= 4 is 15.9 Å². The van der Waals surface area contributed by atoms with Crippen molar-refractivity contribution in [1.29, 1.82) is 0 Å². The molecule has 2 rings (SSSR count). The highest BCUT2D eigenvalue weighted by Gasteiger charge is 2.26. The fourth-order valence-corrected chi connectivity index (χ4v) is 3.28. The minimum absolute atomic E-state index is 0.169. The zero-order chi connectivity index (χ0) is 15.4. The fourth-order valence-electron chi connectivity index (χ4n) is 2.79. The molecule has 1 aromatic carbocycles. The fraction of sp³-hybridized carbons (Fsp3) is 0.625. The van der Waals surface area contributed by atoms with E-state index in [1.165, 1.54) is 0 Å². The van der Waals surface area contributed by atoms with E-state index >= 15 is 0 Å². The Balaban J connectivity index is 2.09. The lowest BCUT2D eigenvalue weighted by Gasteiger charge is -2.36. The first kappa shape index (κ1) is 16.6. The van der Waals surface area contributed by atoms with Gasteiger partial charge in [0.25, 0.3) is 0 Å². The monoisotopic (exact) mass is 357 g/mol. The second-order valence-corrected chi connectivity index (χ2v) is 6.49. The first-order valence-corrected chi connectivity index (χ1v) is 8.23. The lowest BCUT2D eigenvalue weighted by molar-refractivity contribution is -0.00747. The van der Waals surface area contributed by atoms with Crippen molar-refractivity contribution in [3.8, 4) is 11.5 Å². The van der Waals surface area contributed by atoms with Crippen LogP contribution in [0.2, 0.25) is 0 Å². The highest BCUT2D eigenvalue weighted by molar-refractivity contribution is 9.10. The molecule has 1 heterocycles. The number of ether oxygens (including phenoxy) is 2. The molecule has 0 radical (unpaired) electrons. The van der Waals surface area contributed by atoms with Gasteiger partial charge in [-0.15, -0.1) is 0 Å². The molecule has 0 aromatic heterocycles. The number of hydrogen-bond acceptors (Lipinski definition) is 4. The van der Waals surface area contributed by atoms with Crippen LogP contribution >= 0.6 is 15.9 Å². The molecule has 2 unspecified atom stereocenters. The molecule has 0 saturated carbocycles. The lowest BCUT2D eigenvalue weighted by Crippen LogP contribution is -2.43. The molecule has 1 aliphatic rings. The molecule has 2 atom stereocenters. The molecule has 1 fully saturated rings. The number of nitrogens with zero attached hydrogens (tertiary/aromatic N) is 1. The Bertz CT molecular complexity index is 481. The smallest absolute Gasteiger partial charge is 0.172 e. The third-order valence-electron chi connectivity index (χ3n) is 4.07. The average molecular weight is 358 g/mol. The van der Waals surface area contributed by atoms with Crippen LogP contribution in [-0.2, 0) is 11.3 Å². The molecule has 5 heteroatoms. The molecule has 0 amide bonds. The number of hydrogen-bond donors (Lipinski definition) is 1. The van der Waals surface area contributed by atoms with E-state index in [4.69, 9.17) is 9.47 Å². The number of methoxy groups -OCH3 is 1. The summed E-state index contributed by atoms with van der Waals surface area (Å²) in [6, 6.07) is 3.88. The minimum Gasteiger partial charge on any atom is -0.503 e. The molecule has 118 valence electrons. The molecule has 1 N–H and O–H groups in total. The van der Waals surface area contributed by atoms with Crippen molar-refractivity contribution in [1.82, 2.24) is 4.90 Å². The molecule has 1 aromatic rings. The van der Waals surface area contributed by atoms with Gasteiger partial charge in [-0.05, 0) is 59.4 Å². The van der Waals surface area contributed by atoms with E-state index in [9.17, 15) is 5.11 Å². The first-order chi connectivity index (χ1) is 10.0. The number of rotatable bonds is 5. The molecular weight excluding hydrogens is 334 g/mol. The third kappa shape index (κ3) is 4.11. The normalized spacial score (nSPS) is 23.2. The van der Waals surface area contributed by atoms with Crippen molar-refractivity contribution in [3.63, 3.8) is 0 Å². The van der Waals surface area contributed by atoms with Crippen LogP contribution in [-0.4, -0.2) is 42.9 Å². The maximum Gasteiger partial charge on any atom is 0.172 e. The van der Waals surface area contributed by atoms with Crippen molar-refractivity contribution in [3.05, 3.63) is 22.2 Å². The van der Waals surface area contributed by atoms with E-state index < -0.39 is 0 Å². The van der Waals surface area contributed by atoms with Gasteiger partial charge < -0.3 is 14.6 Å². The van der Waals surface area contributed by atoms with Gasteiger partial charge >= 0.3 is 0 Å². The van der Waals surface area contributed by atoms with Crippen LogP contribution in [0, 0.1) is 5.92 Å². The summed E-state index contributed by atoms with van der Waals surface area (Å²) in [6.45, 7) is 7.55. The van der Waals surface area contributed by atoms with Crippen molar-refractivity contribution in [2.75, 3.05) is 26.8 Å². The van der Waals surface area contributed by atoms with Crippen LogP contribution in [0.15, 0.2) is 16.6 Å². The van der Waals surface area contributed by atoms with Crippen LogP contribution < -0.4 is 4.74 Å². The summed E-state index contributed by atoms with van der Waals surface area (Å²) in [4.78, 5) is 2.39. The summed E-state index contributed by atoms with van der Waals surface area (Å²) in [5, 5.41) is 9.97.